The molecule has 1 atom stereocenters. The molecule has 1 fully saturated rings. The topological polar surface area (TPSA) is 53.2 Å². The molecule has 3 N–H and O–H groups in total. The fourth-order valence-corrected chi connectivity index (χ4v) is 1.00. The highest BCUT2D eigenvalue weighted by Gasteiger charge is 2.08. The van der Waals surface area contributed by atoms with Gasteiger partial charge < -0.3 is 10.6 Å². The van der Waals surface area contributed by atoms with Crippen molar-refractivity contribution in [2.45, 2.75) is 12.6 Å². The van der Waals surface area contributed by atoms with Crippen molar-refractivity contribution in [3.63, 3.8) is 0 Å². The molecule has 10 heavy (non-hydrogen) atoms. The number of nitrogens with one attached hydrogen (secondary N) is 3. The monoisotopic (exact) mass is 142 g/mol. The quantitative estimate of drug-likeness (QED) is 0.414. The van der Waals surface area contributed by atoms with E-state index in [1.807, 2.05) is 0 Å². The first-order valence-electron chi connectivity index (χ1n) is 3.50. The Bertz CT molecular complexity index is 99.2. The third-order valence-corrected chi connectivity index (χ3v) is 1.54. The van der Waals surface area contributed by atoms with Crippen molar-refractivity contribution in [1.82, 2.24) is 16.0 Å². The van der Waals surface area contributed by atoms with Gasteiger partial charge in [-0.2, -0.15) is 0 Å². The number of rotatable bonds is 2. The zero-order valence-corrected chi connectivity index (χ0v) is 5.81. The second kappa shape index (κ2) is 4.24. The zero-order valence-electron chi connectivity index (χ0n) is 5.81. The van der Waals surface area contributed by atoms with E-state index >= 15 is 0 Å². The molecule has 1 aliphatic rings. The summed E-state index contributed by atoms with van der Waals surface area (Å²) in [4.78, 5) is 9.89. The second-order valence-corrected chi connectivity index (χ2v) is 2.29. The summed E-state index contributed by atoms with van der Waals surface area (Å²) >= 11 is 0. The van der Waals surface area contributed by atoms with E-state index in [1.54, 1.807) is 6.41 Å². The predicted molar refractivity (Wildman–Crippen MR) is 38.1 cm³/mol. The van der Waals surface area contributed by atoms with Gasteiger partial charge in [0.15, 0.2) is 0 Å². The minimum Gasteiger partial charge on any atom is -0.332 e. The SMILES string of the molecule is O=[C]NC1CCNCCN1. The third-order valence-electron chi connectivity index (χ3n) is 1.54. The maximum atomic E-state index is 9.89. The Balaban J connectivity index is 2.21. The van der Waals surface area contributed by atoms with Crippen molar-refractivity contribution in [1.29, 1.82) is 0 Å². The molecule has 0 saturated carbocycles. The maximum Gasteiger partial charge on any atom is 0.310 e. The second-order valence-electron chi connectivity index (χ2n) is 2.29. The molecule has 0 aromatic rings. The van der Waals surface area contributed by atoms with Gasteiger partial charge in [0.05, 0.1) is 6.17 Å². The van der Waals surface area contributed by atoms with Gasteiger partial charge in [-0.05, 0) is 13.0 Å². The fraction of sp³-hybridized carbons (Fsp3) is 0.833. The number of hydrogen-bond donors (Lipinski definition) is 3. The van der Waals surface area contributed by atoms with E-state index in [1.165, 1.54) is 0 Å². The van der Waals surface area contributed by atoms with Gasteiger partial charge >= 0.3 is 6.41 Å². The van der Waals surface area contributed by atoms with Crippen LogP contribution in [0.1, 0.15) is 6.42 Å². The lowest BCUT2D eigenvalue weighted by molar-refractivity contribution is 0.464. The van der Waals surface area contributed by atoms with E-state index in [-0.39, 0.29) is 6.17 Å². The summed E-state index contributed by atoms with van der Waals surface area (Å²) in [6, 6.07) is 0. The number of carbonyl (C=O) groups excluding carboxylic acids is 1. The summed E-state index contributed by atoms with van der Waals surface area (Å²) in [5, 5.41) is 8.92. The van der Waals surface area contributed by atoms with Crippen LogP contribution in [0.2, 0.25) is 0 Å². The van der Waals surface area contributed by atoms with Crippen LogP contribution >= 0.6 is 0 Å². The molecule has 4 nitrogen and oxygen atoms in total. The Morgan fingerprint density at radius 2 is 2.30 bits per heavy atom. The summed E-state index contributed by atoms with van der Waals surface area (Å²) in [5.74, 6) is 0. The molecule has 1 radical (unpaired) electrons. The van der Waals surface area contributed by atoms with Crippen LogP contribution in [0.5, 0.6) is 0 Å². The lowest BCUT2D eigenvalue weighted by Crippen LogP contribution is -2.41. The summed E-state index contributed by atoms with van der Waals surface area (Å²) < 4.78 is 0. The molecule has 0 aromatic carbocycles. The van der Waals surface area contributed by atoms with Gasteiger partial charge in [0.25, 0.3) is 0 Å². The van der Waals surface area contributed by atoms with Gasteiger partial charge in [0.2, 0.25) is 0 Å². The first-order valence-corrected chi connectivity index (χ1v) is 3.50. The van der Waals surface area contributed by atoms with E-state index in [9.17, 15) is 4.79 Å². The molecule has 1 aliphatic heterocycles. The lowest BCUT2D eigenvalue weighted by Gasteiger charge is -2.11. The van der Waals surface area contributed by atoms with Crippen molar-refractivity contribution >= 4 is 6.41 Å². The molecule has 1 heterocycles. The Morgan fingerprint density at radius 1 is 1.40 bits per heavy atom. The molecular weight excluding hydrogens is 130 g/mol. The van der Waals surface area contributed by atoms with Crippen molar-refractivity contribution in [2.24, 2.45) is 0 Å². The van der Waals surface area contributed by atoms with E-state index in [4.69, 9.17) is 0 Å². The van der Waals surface area contributed by atoms with Crippen LogP contribution < -0.4 is 16.0 Å². The molecular formula is C6H12N3O. The van der Waals surface area contributed by atoms with Crippen LogP contribution in [-0.2, 0) is 4.79 Å². The van der Waals surface area contributed by atoms with Crippen molar-refractivity contribution in [3.8, 4) is 0 Å². The Labute approximate surface area is 60.4 Å². The van der Waals surface area contributed by atoms with Crippen molar-refractivity contribution in [3.05, 3.63) is 0 Å². The molecule has 0 aliphatic carbocycles. The first-order chi connectivity index (χ1) is 4.93. The number of hydrogen-bond acceptors (Lipinski definition) is 3. The van der Waals surface area contributed by atoms with Crippen LogP contribution in [0.4, 0.5) is 0 Å². The lowest BCUT2D eigenvalue weighted by atomic mass is 10.3. The molecule has 0 spiro atoms. The highest BCUT2D eigenvalue weighted by Crippen LogP contribution is 1.87. The molecule has 0 bridgehead atoms. The molecule has 1 rings (SSSR count). The molecule has 1 amide bonds. The highest BCUT2D eigenvalue weighted by molar-refractivity contribution is 5.47. The molecule has 57 valence electrons. The van der Waals surface area contributed by atoms with Crippen molar-refractivity contribution in [2.75, 3.05) is 19.6 Å². The maximum absolute atomic E-state index is 9.89. The third kappa shape index (κ3) is 2.33. The van der Waals surface area contributed by atoms with E-state index in [0.717, 1.165) is 26.1 Å². The van der Waals surface area contributed by atoms with Gasteiger partial charge in [-0.1, -0.05) is 0 Å². The first kappa shape index (κ1) is 7.50. The normalized spacial score (nSPS) is 27.0. The smallest absolute Gasteiger partial charge is 0.310 e. The van der Waals surface area contributed by atoms with Gasteiger partial charge in [0, 0.05) is 13.1 Å². The largest absolute Gasteiger partial charge is 0.332 e. The summed E-state index contributed by atoms with van der Waals surface area (Å²) in [5.41, 5.74) is 0. The molecule has 1 saturated heterocycles. The predicted octanol–water partition coefficient (Wildman–Crippen LogP) is -1.45. The minimum absolute atomic E-state index is 0.104. The number of amides is 1. The molecule has 4 heteroatoms. The summed E-state index contributed by atoms with van der Waals surface area (Å²) in [7, 11) is 0. The van der Waals surface area contributed by atoms with Crippen LogP contribution in [0.25, 0.3) is 0 Å². The standard InChI is InChI=1S/C6H12N3O/c10-5-9-6-1-2-7-3-4-8-6/h6-8H,1-4H2,(H,9,10). The average Bonchev–Trinajstić information content (AvgIpc) is 2.17. The Kier molecular flexibility index (Phi) is 3.18. The van der Waals surface area contributed by atoms with Gasteiger partial charge in [-0.25, -0.2) is 0 Å². The van der Waals surface area contributed by atoms with Gasteiger partial charge in [0.1, 0.15) is 0 Å². The summed E-state index contributed by atoms with van der Waals surface area (Å²) in [6.07, 6.45) is 2.70. The summed E-state index contributed by atoms with van der Waals surface area (Å²) in [6.45, 7) is 2.82. The van der Waals surface area contributed by atoms with E-state index in [0.29, 0.717) is 0 Å². The Hall–Kier alpha value is -0.610. The van der Waals surface area contributed by atoms with Crippen molar-refractivity contribution < 1.29 is 4.79 Å². The van der Waals surface area contributed by atoms with Crippen LogP contribution in [0.15, 0.2) is 0 Å². The minimum atomic E-state index is 0.104. The van der Waals surface area contributed by atoms with Crippen LogP contribution in [0, 0.1) is 0 Å². The highest BCUT2D eigenvalue weighted by atomic mass is 16.1. The van der Waals surface area contributed by atoms with Gasteiger partial charge in [-0.15, -0.1) is 0 Å². The van der Waals surface area contributed by atoms with Crippen LogP contribution in [0.3, 0.4) is 0 Å². The van der Waals surface area contributed by atoms with E-state index < -0.39 is 0 Å². The van der Waals surface area contributed by atoms with E-state index in [2.05, 4.69) is 16.0 Å². The Morgan fingerprint density at radius 3 is 3.10 bits per heavy atom. The molecule has 0 aromatic heterocycles. The fourth-order valence-electron chi connectivity index (χ4n) is 1.00. The van der Waals surface area contributed by atoms with Gasteiger partial charge in [-0.3, -0.25) is 10.1 Å². The molecule has 1 unspecified atom stereocenters. The van der Waals surface area contributed by atoms with Crippen LogP contribution in [-0.4, -0.2) is 32.2 Å². The zero-order chi connectivity index (χ0) is 7.23. The average molecular weight is 142 g/mol.